The molecule has 0 saturated carbocycles. The van der Waals surface area contributed by atoms with Crippen LogP contribution in [0.2, 0.25) is 0 Å². The van der Waals surface area contributed by atoms with Crippen LogP contribution in [0.25, 0.3) is 11.4 Å². The van der Waals surface area contributed by atoms with Crippen LogP contribution < -0.4 is 5.32 Å². The van der Waals surface area contributed by atoms with E-state index in [4.69, 9.17) is 5.26 Å². The number of hydrogen-bond acceptors (Lipinski definition) is 5. The van der Waals surface area contributed by atoms with Crippen molar-refractivity contribution in [2.24, 2.45) is 0 Å². The molecule has 2 aromatic carbocycles. The number of H-pyrrole nitrogens is 1. The first-order valence-electron chi connectivity index (χ1n) is 9.69. The van der Waals surface area contributed by atoms with E-state index in [0.717, 1.165) is 56.0 Å². The van der Waals surface area contributed by atoms with E-state index in [9.17, 15) is 0 Å². The first kappa shape index (κ1) is 18.4. The minimum absolute atomic E-state index is 0.547. The summed E-state index contributed by atoms with van der Waals surface area (Å²) in [6, 6.07) is 19.1. The summed E-state index contributed by atoms with van der Waals surface area (Å²) >= 11 is 0. The molecule has 1 aliphatic heterocycles. The summed E-state index contributed by atoms with van der Waals surface area (Å²) in [5.41, 5.74) is 4.32. The SMILES string of the molecule is N#Cc1ccc(CN2CCC(NCc3cccc(-c4ncn[nH]4)c3)CC2)cc1. The first-order chi connectivity index (χ1) is 13.8. The second-order valence-electron chi connectivity index (χ2n) is 7.27. The Hall–Kier alpha value is -3.01. The molecule has 28 heavy (non-hydrogen) atoms. The highest BCUT2D eigenvalue weighted by atomic mass is 15.2. The Balaban J connectivity index is 1.24. The fourth-order valence-electron chi connectivity index (χ4n) is 3.67. The molecule has 0 radical (unpaired) electrons. The van der Waals surface area contributed by atoms with Crippen molar-refractivity contribution in [2.75, 3.05) is 13.1 Å². The molecular formula is C22H24N6. The smallest absolute Gasteiger partial charge is 0.155 e. The van der Waals surface area contributed by atoms with Gasteiger partial charge in [0.1, 0.15) is 6.33 Å². The van der Waals surface area contributed by atoms with Gasteiger partial charge in [0, 0.05) is 24.7 Å². The summed E-state index contributed by atoms with van der Waals surface area (Å²) in [4.78, 5) is 6.71. The summed E-state index contributed by atoms with van der Waals surface area (Å²) < 4.78 is 0. The van der Waals surface area contributed by atoms with Gasteiger partial charge in [0.2, 0.25) is 0 Å². The zero-order valence-electron chi connectivity index (χ0n) is 15.8. The van der Waals surface area contributed by atoms with Crippen molar-refractivity contribution < 1.29 is 0 Å². The molecule has 0 aliphatic carbocycles. The Morgan fingerprint density at radius 2 is 1.93 bits per heavy atom. The molecule has 1 aromatic heterocycles. The van der Waals surface area contributed by atoms with Crippen LogP contribution in [0.5, 0.6) is 0 Å². The van der Waals surface area contributed by atoms with Gasteiger partial charge in [-0.15, -0.1) is 0 Å². The zero-order chi connectivity index (χ0) is 19.2. The number of aromatic amines is 1. The monoisotopic (exact) mass is 372 g/mol. The van der Waals surface area contributed by atoms with Gasteiger partial charge in [0.05, 0.1) is 11.6 Å². The molecule has 6 heteroatoms. The van der Waals surface area contributed by atoms with Crippen LogP contribution >= 0.6 is 0 Å². The van der Waals surface area contributed by atoms with Crippen molar-refractivity contribution >= 4 is 0 Å². The molecular weight excluding hydrogens is 348 g/mol. The van der Waals surface area contributed by atoms with Gasteiger partial charge in [-0.3, -0.25) is 10.00 Å². The lowest BCUT2D eigenvalue weighted by Crippen LogP contribution is -2.41. The van der Waals surface area contributed by atoms with Gasteiger partial charge in [-0.05, 0) is 55.3 Å². The van der Waals surface area contributed by atoms with Crippen molar-refractivity contribution in [3.63, 3.8) is 0 Å². The molecule has 3 aromatic rings. The average molecular weight is 372 g/mol. The largest absolute Gasteiger partial charge is 0.310 e. The number of benzene rings is 2. The maximum Gasteiger partial charge on any atom is 0.155 e. The molecule has 0 amide bonds. The number of nitrogens with one attached hydrogen (secondary N) is 2. The Labute approximate surface area is 165 Å². The number of aromatic nitrogens is 3. The van der Waals surface area contributed by atoms with E-state index in [1.165, 1.54) is 17.5 Å². The molecule has 1 aliphatic rings. The fourth-order valence-corrected chi connectivity index (χ4v) is 3.67. The van der Waals surface area contributed by atoms with Crippen LogP contribution in [0.1, 0.15) is 29.5 Å². The third-order valence-corrected chi connectivity index (χ3v) is 5.29. The van der Waals surface area contributed by atoms with Gasteiger partial charge in [0.25, 0.3) is 0 Å². The molecule has 0 unspecified atom stereocenters. The summed E-state index contributed by atoms with van der Waals surface area (Å²) in [7, 11) is 0. The molecule has 2 N–H and O–H groups in total. The molecule has 1 fully saturated rings. The molecule has 4 rings (SSSR count). The predicted molar refractivity (Wildman–Crippen MR) is 108 cm³/mol. The molecule has 142 valence electrons. The van der Waals surface area contributed by atoms with Crippen LogP contribution in [-0.4, -0.2) is 39.2 Å². The van der Waals surface area contributed by atoms with Crippen LogP contribution in [0.15, 0.2) is 54.9 Å². The summed E-state index contributed by atoms with van der Waals surface area (Å²) in [5, 5.41) is 19.4. The number of rotatable bonds is 6. The van der Waals surface area contributed by atoms with E-state index < -0.39 is 0 Å². The van der Waals surface area contributed by atoms with Gasteiger partial charge in [0.15, 0.2) is 5.82 Å². The van der Waals surface area contributed by atoms with Crippen molar-refractivity contribution in [2.45, 2.75) is 32.0 Å². The lowest BCUT2D eigenvalue weighted by molar-refractivity contribution is 0.190. The predicted octanol–water partition coefficient (Wildman–Crippen LogP) is 3.10. The minimum Gasteiger partial charge on any atom is -0.310 e. The summed E-state index contributed by atoms with van der Waals surface area (Å²) in [6.07, 6.45) is 3.84. The second-order valence-corrected chi connectivity index (χ2v) is 7.27. The van der Waals surface area contributed by atoms with E-state index >= 15 is 0 Å². The van der Waals surface area contributed by atoms with Crippen molar-refractivity contribution in [3.8, 4) is 17.5 Å². The summed E-state index contributed by atoms with van der Waals surface area (Å²) in [6.45, 7) is 4.01. The van der Waals surface area contributed by atoms with Crippen molar-refractivity contribution in [1.29, 1.82) is 5.26 Å². The fraction of sp³-hybridized carbons (Fsp3) is 0.318. The van der Waals surface area contributed by atoms with E-state index in [2.05, 4.69) is 61.8 Å². The number of likely N-dealkylation sites (tertiary alicyclic amines) is 1. The van der Waals surface area contributed by atoms with Crippen molar-refractivity contribution in [3.05, 3.63) is 71.5 Å². The topological polar surface area (TPSA) is 80.6 Å². The Bertz CT molecular complexity index is 918. The van der Waals surface area contributed by atoms with Crippen molar-refractivity contribution in [1.82, 2.24) is 25.4 Å². The third kappa shape index (κ3) is 4.63. The van der Waals surface area contributed by atoms with Crippen LogP contribution in [-0.2, 0) is 13.1 Å². The Morgan fingerprint density at radius 3 is 2.64 bits per heavy atom. The molecule has 1 saturated heterocycles. The first-order valence-corrected chi connectivity index (χ1v) is 9.69. The number of hydrogen-bond donors (Lipinski definition) is 2. The molecule has 6 nitrogen and oxygen atoms in total. The normalized spacial score (nSPS) is 15.4. The quantitative estimate of drug-likeness (QED) is 0.695. The number of nitriles is 1. The Kier molecular flexibility index (Phi) is 5.76. The van der Waals surface area contributed by atoms with Crippen LogP contribution in [0.3, 0.4) is 0 Å². The molecule has 0 spiro atoms. The lowest BCUT2D eigenvalue weighted by atomic mass is 10.0. The lowest BCUT2D eigenvalue weighted by Gasteiger charge is -2.32. The number of piperidine rings is 1. The second kappa shape index (κ2) is 8.79. The van der Waals surface area contributed by atoms with Gasteiger partial charge < -0.3 is 5.32 Å². The molecule has 0 bridgehead atoms. The maximum absolute atomic E-state index is 8.90. The van der Waals surface area contributed by atoms with E-state index in [-0.39, 0.29) is 0 Å². The van der Waals surface area contributed by atoms with E-state index in [1.54, 1.807) is 0 Å². The van der Waals surface area contributed by atoms with Gasteiger partial charge in [-0.25, -0.2) is 4.98 Å². The molecule has 0 atom stereocenters. The third-order valence-electron chi connectivity index (χ3n) is 5.29. The maximum atomic E-state index is 8.90. The van der Waals surface area contributed by atoms with Gasteiger partial charge >= 0.3 is 0 Å². The Morgan fingerprint density at radius 1 is 1.11 bits per heavy atom. The highest BCUT2D eigenvalue weighted by Crippen LogP contribution is 2.17. The average Bonchev–Trinajstić information content (AvgIpc) is 3.29. The highest BCUT2D eigenvalue weighted by Gasteiger charge is 2.18. The summed E-state index contributed by atoms with van der Waals surface area (Å²) in [5.74, 6) is 0.804. The van der Waals surface area contributed by atoms with Crippen LogP contribution in [0, 0.1) is 11.3 Å². The molecule has 2 heterocycles. The van der Waals surface area contributed by atoms with Gasteiger partial charge in [-0.1, -0.05) is 30.3 Å². The van der Waals surface area contributed by atoms with E-state index in [0.29, 0.717) is 6.04 Å². The standard InChI is InChI=1S/C22H24N6/c23-13-17-4-6-18(7-5-17)15-28-10-8-21(9-11-28)24-14-19-2-1-3-20(12-19)22-25-16-26-27-22/h1-7,12,16,21,24H,8-11,14-15H2,(H,25,26,27). The van der Waals surface area contributed by atoms with E-state index in [1.807, 2.05) is 18.2 Å². The van der Waals surface area contributed by atoms with Crippen LogP contribution in [0.4, 0.5) is 0 Å². The highest BCUT2D eigenvalue weighted by molar-refractivity contribution is 5.55. The minimum atomic E-state index is 0.547. The zero-order valence-corrected chi connectivity index (χ0v) is 15.8. The van der Waals surface area contributed by atoms with Gasteiger partial charge in [-0.2, -0.15) is 10.4 Å². The number of nitrogens with zero attached hydrogens (tertiary/aromatic N) is 4.